The Morgan fingerprint density at radius 1 is 1.40 bits per heavy atom. The summed E-state index contributed by atoms with van der Waals surface area (Å²) < 4.78 is 0. The number of rotatable bonds is 2. The van der Waals surface area contributed by atoms with Crippen LogP contribution in [0.3, 0.4) is 0 Å². The minimum Gasteiger partial charge on any atom is -0.481 e. The first-order valence-electron chi connectivity index (χ1n) is 5.02. The zero-order valence-electron chi connectivity index (χ0n) is 8.24. The molecule has 0 aliphatic heterocycles. The van der Waals surface area contributed by atoms with Crippen molar-refractivity contribution >= 4 is 17.6 Å². The van der Waals surface area contributed by atoms with E-state index in [-0.39, 0.29) is 0 Å². The molecule has 1 N–H and O–H groups in total. The van der Waals surface area contributed by atoms with Crippen molar-refractivity contribution in [3.05, 3.63) is 29.0 Å². The summed E-state index contributed by atoms with van der Waals surface area (Å²) in [5, 5.41) is 9.69. The molecule has 15 heavy (non-hydrogen) atoms. The van der Waals surface area contributed by atoms with Gasteiger partial charge in [-0.25, -0.2) is 4.98 Å². The highest BCUT2D eigenvalue weighted by Crippen LogP contribution is 2.40. The number of carbonyl (C=O) groups is 1. The monoisotopic (exact) mass is 225 g/mol. The lowest BCUT2D eigenvalue weighted by Crippen LogP contribution is -2.33. The van der Waals surface area contributed by atoms with E-state index in [0.717, 1.165) is 12.8 Å². The number of hydrogen-bond acceptors (Lipinski definition) is 2. The van der Waals surface area contributed by atoms with E-state index in [1.54, 1.807) is 18.2 Å². The molecule has 1 aromatic heterocycles. The fraction of sp³-hybridized carbons (Fsp3) is 0.455. The van der Waals surface area contributed by atoms with Crippen molar-refractivity contribution in [3.8, 4) is 0 Å². The normalized spacial score (nSPS) is 19.0. The third-order valence-corrected chi connectivity index (χ3v) is 3.28. The van der Waals surface area contributed by atoms with Gasteiger partial charge in [-0.15, -0.1) is 0 Å². The third-order valence-electron chi connectivity index (χ3n) is 3.07. The lowest BCUT2D eigenvalue weighted by molar-refractivity contribution is -0.143. The summed E-state index contributed by atoms with van der Waals surface area (Å²) in [5.41, 5.74) is -0.203. The molecule has 0 saturated heterocycles. The van der Waals surface area contributed by atoms with E-state index in [4.69, 9.17) is 11.6 Å². The topological polar surface area (TPSA) is 50.2 Å². The zero-order valence-corrected chi connectivity index (χ0v) is 9.00. The van der Waals surface area contributed by atoms with Gasteiger partial charge in [0.15, 0.2) is 0 Å². The summed E-state index contributed by atoms with van der Waals surface area (Å²) in [5.74, 6) is -0.783. The van der Waals surface area contributed by atoms with Crippen LogP contribution in [0.4, 0.5) is 0 Å². The fourth-order valence-electron chi connectivity index (χ4n) is 2.23. The minimum atomic E-state index is -0.801. The molecule has 0 amide bonds. The smallest absolute Gasteiger partial charge is 0.315 e. The quantitative estimate of drug-likeness (QED) is 0.788. The van der Waals surface area contributed by atoms with Gasteiger partial charge in [-0.1, -0.05) is 30.5 Å². The second-order valence-electron chi connectivity index (χ2n) is 3.94. The maximum absolute atomic E-state index is 11.4. The van der Waals surface area contributed by atoms with Crippen LogP contribution in [0.5, 0.6) is 0 Å². The molecule has 1 aromatic rings. The fourth-order valence-corrected chi connectivity index (χ4v) is 2.40. The number of carboxylic acid groups (broad SMARTS) is 1. The molecule has 0 unspecified atom stereocenters. The molecule has 0 spiro atoms. The molecule has 1 fully saturated rings. The average Bonchev–Trinajstić information content (AvgIpc) is 2.67. The average molecular weight is 226 g/mol. The maximum Gasteiger partial charge on any atom is 0.315 e. The first-order chi connectivity index (χ1) is 7.15. The van der Waals surface area contributed by atoms with Crippen LogP contribution in [0.2, 0.25) is 5.15 Å². The Kier molecular flexibility index (Phi) is 2.65. The molecule has 4 heteroatoms. The van der Waals surface area contributed by atoms with Crippen molar-refractivity contribution < 1.29 is 9.90 Å². The number of pyridine rings is 1. The van der Waals surface area contributed by atoms with Crippen LogP contribution >= 0.6 is 11.6 Å². The summed E-state index contributed by atoms with van der Waals surface area (Å²) in [7, 11) is 0. The van der Waals surface area contributed by atoms with Gasteiger partial charge < -0.3 is 5.11 Å². The third kappa shape index (κ3) is 1.72. The van der Waals surface area contributed by atoms with Gasteiger partial charge in [-0.05, 0) is 25.0 Å². The van der Waals surface area contributed by atoms with Crippen LogP contribution in [0, 0.1) is 0 Å². The molecule has 1 saturated carbocycles. The zero-order chi connectivity index (χ0) is 10.9. The highest BCUT2D eigenvalue weighted by atomic mass is 35.5. The van der Waals surface area contributed by atoms with Crippen molar-refractivity contribution in [2.45, 2.75) is 31.1 Å². The molecule has 1 aliphatic carbocycles. The molecular formula is C11H12ClNO2. The van der Waals surface area contributed by atoms with E-state index >= 15 is 0 Å². The number of halogens is 1. The highest BCUT2D eigenvalue weighted by Gasteiger charge is 2.44. The molecule has 2 rings (SSSR count). The first-order valence-corrected chi connectivity index (χ1v) is 5.39. The van der Waals surface area contributed by atoms with Crippen molar-refractivity contribution in [2.24, 2.45) is 0 Å². The molecule has 1 heterocycles. The Bertz CT molecular complexity index is 386. The standard InChI is InChI=1S/C11H12ClNO2/c12-9-5-3-4-8(13-9)11(10(14)15)6-1-2-7-11/h3-5H,1-2,6-7H2,(H,14,15). The van der Waals surface area contributed by atoms with Crippen LogP contribution in [0.1, 0.15) is 31.4 Å². The predicted molar refractivity (Wildman–Crippen MR) is 57.0 cm³/mol. The van der Waals surface area contributed by atoms with E-state index in [2.05, 4.69) is 4.98 Å². The lowest BCUT2D eigenvalue weighted by Gasteiger charge is -2.22. The molecule has 3 nitrogen and oxygen atoms in total. The van der Waals surface area contributed by atoms with E-state index in [1.807, 2.05) is 0 Å². The number of hydrogen-bond donors (Lipinski definition) is 1. The van der Waals surface area contributed by atoms with Gasteiger partial charge in [0, 0.05) is 0 Å². The summed E-state index contributed by atoms with van der Waals surface area (Å²) in [6.07, 6.45) is 3.21. The van der Waals surface area contributed by atoms with Gasteiger partial charge in [0.2, 0.25) is 0 Å². The predicted octanol–water partition coefficient (Wildman–Crippen LogP) is 2.63. The molecule has 0 radical (unpaired) electrons. The highest BCUT2D eigenvalue weighted by molar-refractivity contribution is 6.29. The largest absolute Gasteiger partial charge is 0.481 e. The number of carboxylic acids is 1. The Hall–Kier alpha value is -1.09. The van der Waals surface area contributed by atoms with Crippen molar-refractivity contribution in [3.63, 3.8) is 0 Å². The lowest BCUT2D eigenvalue weighted by atomic mass is 9.82. The second-order valence-corrected chi connectivity index (χ2v) is 4.33. The van der Waals surface area contributed by atoms with Crippen LogP contribution in [0.25, 0.3) is 0 Å². The van der Waals surface area contributed by atoms with Gasteiger partial charge in [-0.3, -0.25) is 4.79 Å². The van der Waals surface area contributed by atoms with Crippen LogP contribution in [0.15, 0.2) is 18.2 Å². The minimum absolute atomic E-state index is 0.361. The second kappa shape index (κ2) is 3.81. The van der Waals surface area contributed by atoms with Gasteiger partial charge in [-0.2, -0.15) is 0 Å². The Labute approximate surface area is 93.1 Å². The Balaban J connectivity index is 2.45. The van der Waals surface area contributed by atoms with E-state index in [1.165, 1.54) is 0 Å². The van der Waals surface area contributed by atoms with Crippen LogP contribution in [-0.4, -0.2) is 16.1 Å². The van der Waals surface area contributed by atoms with Gasteiger partial charge in [0.25, 0.3) is 0 Å². The first kappa shape index (κ1) is 10.4. The summed E-state index contributed by atoms with van der Waals surface area (Å²) >= 11 is 5.79. The summed E-state index contributed by atoms with van der Waals surface area (Å²) in [4.78, 5) is 15.5. The molecule has 0 aromatic carbocycles. The van der Waals surface area contributed by atoms with Crippen molar-refractivity contribution in [2.75, 3.05) is 0 Å². The number of nitrogens with zero attached hydrogens (tertiary/aromatic N) is 1. The van der Waals surface area contributed by atoms with Crippen molar-refractivity contribution in [1.82, 2.24) is 4.98 Å². The Morgan fingerprint density at radius 3 is 2.60 bits per heavy atom. The Morgan fingerprint density at radius 2 is 2.07 bits per heavy atom. The number of aromatic nitrogens is 1. The molecular weight excluding hydrogens is 214 g/mol. The molecule has 80 valence electrons. The SMILES string of the molecule is O=C(O)C1(c2cccc(Cl)n2)CCCC1. The summed E-state index contributed by atoms with van der Waals surface area (Å²) in [6, 6.07) is 5.18. The summed E-state index contributed by atoms with van der Waals surface area (Å²) in [6.45, 7) is 0. The van der Waals surface area contributed by atoms with Crippen LogP contribution in [-0.2, 0) is 10.2 Å². The maximum atomic E-state index is 11.4. The van der Waals surface area contributed by atoms with Gasteiger partial charge >= 0.3 is 5.97 Å². The number of aliphatic carboxylic acids is 1. The van der Waals surface area contributed by atoms with Crippen molar-refractivity contribution in [1.29, 1.82) is 0 Å². The van der Waals surface area contributed by atoms with E-state index in [0.29, 0.717) is 23.7 Å². The van der Waals surface area contributed by atoms with Gasteiger partial charge in [0.1, 0.15) is 10.6 Å². The van der Waals surface area contributed by atoms with Crippen LogP contribution < -0.4 is 0 Å². The van der Waals surface area contributed by atoms with E-state index in [9.17, 15) is 9.90 Å². The van der Waals surface area contributed by atoms with Gasteiger partial charge in [0.05, 0.1) is 5.69 Å². The molecule has 0 atom stereocenters. The molecule has 1 aliphatic rings. The molecule has 0 bridgehead atoms. The van der Waals surface area contributed by atoms with E-state index < -0.39 is 11.4 Å².